The van der Waals surface area contributed by atoms with Crippen LogP contribution in [0.15, 0.2) is 18.2 Å². The third-order valence-corrected chi connectivity index (χ3v) is 5.82. The van der Waals surface area contributed by atoms with E-state index in [1.54, 1.807) is 11.9 Å². The molecule has 0 bridgehead atoms. The van der Waals surface area contributed by atoms with Gasteiger partial charge in [-0.2, -0.15) is 0 Å². The molecule has 1 aliphatic rings. The lowest BCUT2D eigenvalue weighted by atomic mass is 10.1. The van der Waals surface area contributed by atoms with Crippen LogP contribution in [-0.4, -0.2) is 62.6 Å². The van der Waals surface area contributed by atoms with E-state index in [1.165, 1.54) is 22.7 Å². The standard InChI is InChI=1S/C16H23F2N3O3S/c1-20(25(2,23)24)14-6-9-21(10-7-14)16(22)19-8-5-12-3-4-13(17)11-15(12)18/h3-4,11,14H,5-10H2,1-2H3,(H,19,22). The van der Waals surface area contributed by atoms with E-state index < -0.39 is 21.7 Å². The van der Waals surface area contributed by atoms with E-state index in [-0.39, 0.29) is 25.0 Å². The Morgan fingerprint density at radius 3 is 2.52 bits per heavy atom. The summed E-state index contributed by atoms with van der Waals surface area (Å²) in [4.78, 5) is 13.7. The van der Waals surface area contributed by atoms with Crippen LogP contribution in [0.25, 0.3) is 0 Å². The zero-order chi connectivity index (χ0) is 18.6. The van der Waals surface area contributed by atoms with Crippen molar-refractivity contribution in [3.05, 3.63) is 35.4 Å². The van der Waals surface area contributed by atoms with Crippen LogP contribution >= 0.6 is 0 Å². The number of nitrogens with one attached hydrogen (secondary N) is 1. The van der Waals surface area contributed by atoms with Crippen LogP contribution in [0.5, 0.6) is 0 Å². The molecule has 0 atom stereocenters. The quantitative estimate of drug-likeness (QED) is 0.849. The van der Waals surface area contributed by atoms with Crippen LogP contribution in [0.4, 0.5) is 13.6 Å². The molecule has 0 radical (unpaired) electrons. The van der Waals surface area contributed by atoms with Crippen molar-refractivity contribution in [2.45, 2.75) is 25.3 Å². The third kappa shape index (κ3) is 5.37. The number of benzene rings is 1. The van der Waals surface area contributed by atoms with Crippen molar-refractivity contribution in [1.29, 1.82) is 0 Å². The molecule has 1 N–H and O–H groups in total. The Balaban J connectivity index is 1.77. The zero-order valence-electron chi connectivity index (χ0n) is 14.3. The molecule has 0 spiro atoms. The maximum atomic E-state index is 13.5. The molecule has 0 unspecified atom stereocenters. The summed E-state index contributed by atoms with van der Waals surface area (Å²) in [7, 11) is -1.69. The highest BCUT2D eigenvalue weighted by molar-refractivity contribution is 7.88. The second-order valence-electron chi connectivity index (χ2n) is 6.22. The Morgan fingerprint density at radius 2 is 1.96 bits per heavy atom. The predicted molar refractivity (Wildman–Crippen MR) is 90.7 cm³/mol. The largest absolute Gasteiger partial charge is 0.338 e. The zero-order valence-corrected chi connectivity index (χ0v) is 15.2. The number of sulfonamides is 1. The minimum absolute atomic E-state index is 0.104. The lowest BCUT2D eigenvalue weighted by Crippen LogP contribution is -2.49. The van der Waals surface area contributed by atoms with Gasteiger partial charge in [0.15, 0.2) is 0 Å². The van der Waals surface area contributed by atoms with E-state index >= 15 is 0 Å². The van der Waals surface area contributed by atoms with Gasteiger partial charge in [-0.3, -0.25) is 0 Å². The van der Waals surface area contributed by atoms with Gasteiger partial charge in [-0.25, -0.2) is 26.3 Å². The van der Waals surface area contributed by atoms with Crippen LogP contribution in [0.1, 0.15) is 18.4 Å². The van der Waals surface area contributed by atoms with Crippen molar-refractivity contribution in [3.63, 3.8) is 0 Å². The molecule has 2 amide bonds. The predicted octanol–water partition coefficient (Wildman–Crippen LogP) is 1.57. The van der Waals surface area contributed by atoms with Gasteiger partial charge >= 0.3 is 6.03 Å². The van der Waals surface area contributed by atoms with Gasteiger partial charge in [-0.05, 0) is 30.9 Å². The molecular formula is C16H23F2N3O3S. The molecule has 1 aliphatic heterocycles. The van der Waals surface area contributed by atoms with E-state index in [9.17, 15) is 22.0 Å². The lowest BCUT2D eigenvalue weighted by molar-refractivity contribution is 0.164. The Hall–Kier alpha value is -1.74. The fourth-order valence-electron chi connectivity index (χ4n) is 2.84. The van der Waals surface area contributed by atoms with Crippen molar-refractivity contribution in [2.75, 3.05) is 32.9 Å². The van der Waals surface area contributed by atoms with Crippen LogP contribution in [-0.2, 0) is 16.4 Å². The normalized spacial score (nSPS) is 16.3. The summed E-state index contributed by atoms with van der Waals surface area (Å²) in [5.41, 5.74) is 0.343. The number of halogens is 2. The molecule has 1 fully saturated rings. The highest BCUT2D eigenvalue weighted by Crippen LogP contribution is 2.17. The number of hydrogen-bond donors (Lipinski definition) is 1. The highest BCUT2D eigenvalue weighted by atomic mass is 32.2. The van der Waals surface area contributed by atoms with E-state index in [0.29, 0.717) is 31.5 Å². The van der Waals surface area contributed by atoms with Crippen molar-refractivity contribution in [3.8, 4) is 0 Å². The first-order valence-corrected chi connectivity index (χ1v) is 9.93. The van der Waals surface area contributed by atoms with Gasteiger partial charge in [0.1, 0.15) is 11.6 Å². The van der Waals surface area contributed by atoms with Crippen LogP contribution in [0.3, 0.4) is 0 Å². The van der Waals surface area contributed by atoms with Crippen LogP contribution in [0.2, 0.25) is 0 Å². The van der Waals surface area contributed by atoms with Crippen LogP contribution < -0.4 is 5.32 Å². The maximum Gasteiger partial charge on any atom is 0.317 e. The summed E-state index contributed by atoms with van der Waals surface area (Å²) < 4.78 is 50.8. The Bertz CT molecular complexity index is 719. The first kappa shape index (κ1) is 19.6. The SMILES string of the molecule is CN(C1CCN(C(=O)NCCc2ccc(F)cc2F)CC1)S(C)(=O)=O. The molecule has 140 valence electrons. The molecule has 0 aromatic heterocycles. The number of hydrogen-bond acceptors (Lipinski definition) is 3. The Labute approximate surface area is 146 Å². The van der Waals surface area contributed by atoms with Crippen molar-refractivity contribution in [1.82, 2.24) is 14.5 Å². The molecule has 1 saturated heterocycles. The number of carbonyl (C=O) groups is 1. The minimum Gasteiger partial charge on any atom is -0.338 e. The molecule has 0 aliphatic carbocycles. The first-order chi connectivity index (χ1) is 11.7. The third-order valence-electron chi connectivity index (χ3n) is 4.47. The molecular weight excluding hydrogens is 352 g/mol. The van der Waals surface area contributed by atoms with Crippen molar-refractivity contribution >= 4 is 16.1 Å². The number of urea groups is 1. The first-order valence-electron chi connectivity index (χ1n) is 8.08. The smallest absolute Gasteiger partial charge is 0.317 e. The van der Waals surface area contributed by atoms with Gasteiger partial charge in [-0.15, -0.1) is 0 Å². The number of amides is 2. The number of likely N-dealkylation sites (tertiary alicyclic amines) is 1. The van der Waals surface area contributed by atoms with Crippen molar-refractivity contribution in [2.24, 2.45) is 0 Å². The number of nitrogens with zero attached hydrogens (tertiary/aromatic N) is 2. The number of piperidine rings is 1. The average molecular weight is 375 g/mol. The monoisotopic (exact) mass is 375 g/mol. The van der Waals surface area contributed by atoms with Crippen LogP contribution in [0, 0.1) is 11.6 Å². The fourth-order valence-corrected chi connectivity index (χ4v) is 3.60. The second-order valence-corrected chi connectivity index (χ2v) is 8.26. The Morgan fingerprint density at radius 1 is 1.32 bits per heavy atom. The minimum atomic E-state index is -3.24. The van der Waals surface area contributed by atoms with Gasteiger partial charge in [0, 0.05) is 38.8 Å². The Kier molecular flexibility index (Phi) is 6.34. The van der Waals surface area contributed by atoms with Gasteiger partial charge in [0.2, 0.25) is 10.0 Å². The molecule has 2 rings (SSSR count). The van der Waals surface area contributed by atoms with E-state index in [0.717, 1.165) is 6.07 Å². The molecule has 6 nitrogen and oxygen atoms in total. The summed E-state index contributed by atoms with van der Waals surface area (Å²) >= 11 is 0. The van der Waals surface area contributed by atoms with Gasteiger partial charge in [0.25, 0.3) is 0 Å². The molecule has 25 heavy (non-hydrogen) atoms. The molecule has 0 saturated carbocycles. The van der Waals surface area contributed by atoms with E-state index in [4.69, 9.17) is 0 Å². The average Bonchev–Trinajstić information content (AvgIpc) is 2.55. The van der Waals surface area contributed by atoms with E-state index in [2.05, 4.69) is 5.32 Å². The highest BCUT2D eigenvalue weighted by Gasteiger charge is 2.28. The number of carbonyl (C=O) groups excluding carboxylic acids is 1. The molecule has 1 aromatic carbocycles. The fraction of sp³-hybridized carbons (Fsp3) is 0.562. The summed E-state index contributed by atoms with van der Waals surface area (Å²) in [6.45, 7) is 1.16. The van der Waals surface area contributed by atoms with Crippen molar-refractivity contribution < 1.29 is 22.0 Å². The van der Waals surface area contributed by atoms with E-state index in [1.807, 2.05) is 0 Å². The topological polar surface area (TPSA) is 69.7 Å². The molecule has 1 aromatic rings. The summed E-state index contributed by atoms with van der Waals surface area (Å²) in [5, 5.41) is 2.71. The summed E-state index contributed by atoms with van der Waals surface area (Å²) in [6, 6.07) is 3.00. The molecule has 1 heterocycles. The maximum absolute atomic E-state index is 13.5. The second kappa shape index (κ2) is 8.09. The van der Waals surface area contributed by atoms with Gasteiger partial charge in [0.05, 0.1) is 6.26 Å². The summed E-state index contributed by atoms with van der Waals surface area (Å²) in [5.74, 6) is -1.26. The van der Waals surface area contributed by atoms with Gasteiger partial charge < -0.3 is 10.2 Å². The van der Waals surface area contributed by atoms with Gasteiger partial charge in [-0.1, -0.05) is 6.07 Å². The molecule has 9 heteroatoms. The lowest BCUT2D eigenvalue weighted by Gasteiger charge is -2.35. The summed E-state index contributed by atoms with van der Waals surface area (Å²) in [6.07, 6.45) is 2.58. The number of rotatable bonds is 5.